The molecule has 88 valence electrons. The third kappa shape index (κ3) is 3.08. The second kappa shape index (κ2) is 5.33. The third-order valence-electron chi connectivity index (χ3n) is 2.41. The molecule has 1 atom stereocenters. The first-order chi connectivity index (χ1) is 8.16. The largest absolute Gasteiger partial charge is 0.388 e. The molecule has 0 aliphatic carbocycles. The second-order valence-electron chi connectivity index (χ2n) is 3.63. The molecule has 1 aromatic heterocycles. The maximum absolute atomic E-state index is 13.5. The lowest BCUT2D eigenvalue weighted by Crippen LogP contribution is -2.04. The van der Waals surface area contributed by atoms with Crippen LogP contribution in [-0.2, 0) is 6.42 Å². The Morgan fingerprint density at radius 1 is 1.29 bits per heavy atom. The number of hydrogen-bond acceptors (Lipinski definition) is 3. The summed E-state index contributed by atoms with van der Waals surface area (Å²) in [7, 11) is 0. The first kappa shape index (κ1) is 12.1. The molecule has 0 aliphatic heterocycles. The highest BCUT2D eigenvalue weighted by Crippen LogP contribution is 2.22. The second-order valence-corrected chi connectivity index (χ2v) is 4.55. The van der Waals surface area contributed by atoms with Crippen LogP contribution in [-0.4, -0.2) is 15.3 Å². The van der Waals surface area contributed by atoms with Gasteiger partial charge in [0.25, 0.3) is 0 Å². The molecule has 1 heterocycles. The molecule has 5 heteroatoms. The lowest BCUT2D eigenvalue weighted by atomic mass is 10.0. The van der Waals surface area contributed by atoms with Crippen molar-refractivity contribution in [3.63, 3.8) is 0 Å². The van der Waals surface area contributed by atoms with Crippen LogP contribution in [0.25, 0.3) is 0 Å². The monoisotopic (exact) mass is 296 g/mol. The SMILES string of the molecule is OC(Cc1cc(Br)ccc1F)c1ccnnc1. The Balaban J connectivity index is 2.18. The molecule has 2 aromatic rings. The minimum Gasteiger partial charge on any atom is -0.388 e. The molecular formula is C12H10BrFN2O. The fourth-order valence-corrected chi connectivity index (χ4v) is 1.93. The zero-order valence-electron chi connectivity index (χ0n) is 8.85. The van der Waals surface area contributed by atoms with Crippen molar-refractivity contribution in [1.82, 2.24) is 10.2 Å². The zero-order valence-corrected chi connectivity index (χ0v) is 10.4. The van der Waals surface area contributed by atoms with Gasteiger partial charge in [-0.1, -0.05) is 15.9 Å². The van der Waals surface area contributed by atoms with Crippen LogP contribution in [0.5, 0.6) is 0 Å². The Bertz CT molecular complexity index is 507. The predicted octanol–water partition coefficient (Wildman–Crippen LogP) is 2.65. The molecule has 0 saturated carbocycles. The summed E-state index contributed by atoms with van der Waals surface area (Å²) in [6.45, 7) is 0. The Morgan fingerprint density at radius 3 is 2.82 bits per heavy atom. The molecule has 0 bridgehead atoms. The lowest BCUT2D eigenvalue weighted by Gasteiger charge is -2.11. The molecule has 1 aromatic carbocycles. The Hall–Kier alpha value is -1.33. The van der Waals surface area contributed by atoms with E-state index >= 15 is 0 Å². The molecule has 1 N–H and O–H groups in total. The van der Waals surface area contributed by atoms with Crippen molar-refractivity contribution >= 4 is 15.9 Å². The average Bonchev–Trinajstić information content (AvgIpc) is 2.35. The van der Waals surface area contributed by atoms with E-state index in [2.05, 4.69) is 26.1 Å². The van der Waals surface area contributed by atoms with Gasteiger partial charge in [-0.05, 0) is 29.8 Å². The fraction of sp³-hybridized carbons (Fsp3) is 0.167. The van der Waals surface area contributed by atoms with E-state index in [4.69, 9.17) is 0 Å². The number of nitrogens with zero attached hydrogens (tertiary/aromatic N) is 2. The van der Waals surface area contributed by atoms with Crippen LogP contribution in [0.15, 0.2) is 41.1 Å². The van der Waals surface area contributed by atoms with E-state index in [-0.39, 0.29) is 12.2 Å². The van der Waals surface area contributed by atoms with Crippen LogP contribution in [0.2, 0.25) is 0 Å². The maximum atomic E-state index is 13.5. The van der Waals surface area contributed by atoms with E-state index in [1.54, 1.807) is 18.2 Å². The van der Waals surface area contributed by atoms with Crippen molar-refractivity contribution < 1.29 is 9.50 Å². The van der Waals surface area contributed by atoms with Gasteiger partial charge in [0.15, 0.2) is 0 Å². The number of halogens is 2. The van der Waals surface area contributed by atoms with Gasteiger partial charge < -0.3 is 5.11 Å². The summed E-state index contributed by atoms with van der Waals surface area (Å²) < 4.78 is 14.3. The topological polar surface area (TPSA) is 46.0 Å². The highest BCUT2D eigenvalue weighted by atomic mass is 79.9. The quantitative estimate of drug-likeness (QED) is 0.947. The molecule has 0 radical (unpaired) electrons. The van der Waals surface area contributed by atoms with Crippen LogP contribution < -0.4 is 0 Å². The highest BCUT2D eigenvalue weighted by Gasteiger charge is 2.12. The minimum absolute atomic E-state index is 0.205. The van der Waals surface area contributed by atoms with Gasteiger partial charge in [-0.2, -0.15) is 10.2 Å². The fourth-order valence-electron chi connectivity index (χ4n) is 1.52. The summed E-state index contributed by atoms with van der Waals surface area (Å²) >= 11 is 3.27. The van der Waals surface area contributed by atoms with Crippen LogP contribution in [0.3, 0.4) is 0 Å². The normalized spacial score (nSPS) is 12.4. The van der Waals surface area contributed by atoms with Crippen LogP contribution in [0, 0.1) is 5.82 Å². The molecule has 2 rings (SSSR count). The predicted molar refractivity (Wildman–Crippen MR) is 64.8 cm³/mol. The summed E-state index contributed by atoms with van der Waals surface area (Å²) in [5.74, 6) is -0.325. The van der Waals surface area contributed by atoms with Gasteiger partial charge in [-0.15, -0.1) is 0 Å². The number of aliphatic hydroxyl groups excluding tert-OH is 1. The van der Waals surface area contributed by atoms with Gasteiger partial charge >= 0.3 is 0 Å². The van der Waals surface area contributed by atoms with E-state index in [0.29, 0.717) is 11.1 Å². The standard InChI is InChI=1S/C12H10BrFN2O/c13-10-1-2-11(14)9(5-10)6-12(17)8-3-4-15-16-7-8/h1-5,7,12,17H,6H2. The number of rotatable bonds is 3. The van der Waals surface area contributed by atoms with Gasteiger partial charge in [-0.25, -0.2) is 4.39 Å². The van der Waals surface area contributed by atoms with Crippen molar-refractivity contribution in [2.75, 3.05) is 0 Å². The third-order valence-corrected chi connectivity index (χ3v) is 2.91. The smallest absolute Gasteiger partial charge is 0.126 e. The number of aromatic nitrogens is 2. The maximum Gasteiger partial charge on any atom is 0.126 e. The molecular weight excluding hydrogens is 287 g/mol. The van der Waals surface area contributed by atoms with Crippen molar-refractivity contribution in [3.8, 4) is 0 Å². The van der Waals surface area contributed by atoms with Crippen molar-refractivity contribution in [2.24, 2.45) is 0 Å². The van der Waals surface area contributed by atoms with Crippen molar-refractivity contribution in [1.29, 1.82) is 0 Å². The molecule has 0 spiro atoms. The Kier molecular flexibility index (Phi) is 3.81. The summed E-state index contributed by atoms with van der Waals surface area (Å²) in [6.07, 6.45) is 2.39. The summed E-state index contributed by atoms with van der Waals surface area (Å²) in [4.78, 5) is 0. The van der Waals surface area contributed by atoms with Gasteiger partial charge in [0.2, 0.25) is 0 Å². The first-order valence-corrected chi connectivity index (χ1v) is 5.84. The lowest BCUT2D eigenvalue weighted by molar-refractivity contribution is 0.176. The number of aliphatic hydroxyl groups is 1. The number of benzene rings is 1. The van der Waals surface area contributed by atoms with Crippen molar-refractivity contribution in [2.45, 2.75) is 12.5 Å². The molecule has 17 heavy (non-hydrogen) atoms. The molecule has 0 fully saturated rings. The van der Waals surface area contributed by atoms with Gasteiger partial charge in [-0.3, -0.25) is 0 Å². The molecule has 0 amide bonds. The van der Waals surface area contributed by atoms with E-state index in [9.17, 15) is 9.50 Å². The van der Waals surface area contributed by atoms with E-state index in [0.717, 1.165) is 4.47 Å². The summed E-state index contributed by atoms with van der Waals surface area (Å²) in [5, 5.41) is 17.2. The van der Waals surface area contributed by atoms with Gasteiger partial charge in [0, 0.05) is 22.7 Å². The van der Waals surface area contributed by atoms with E-state index in [1.807, 2.05) is 0 Å². The molecule has 1 unspecified atom stereocenters. The molecule has 0 aliphatic rings. The van der Waals surface area contributed by atoms with Gasteiger partial charge in [0.05, 0.1) is 12.3 Å². The van der Waals surface area contributed by atoms with Crippen LogP contribution in [0.1, 0.15) is 17.2 Å². The average molecular weight is 297 g/mol. The van der Waals surface area contributed by atoms with E-state index < -0.39 is 6.10 Å². The van der Waals surface area contributed by atoms with Gasteiger partial charge in [0.1, 0.15) is 5.82 Å². The highest BCUT2D eigenvalue weighted by molar-refractivity contribution is 9.10. The Morgan fingerprint density at radius 2 is 2.12 bits per heavy atom. The van der Waals surface area contributed by atoms with E-state index in [1.165, 1.54) is 18.5 Å². The Labute approximate surface area is 106 Å². The van der Waals surface area contributed by atoms with Crippen LogP contribution in [0.4, 0.5) is 4.39 Å². The molecule has 0 saturated heterocycles. The summed E-state index contributed by atoms with van der Waals surface area (Å²) in [5.41, 5.74) is 1.09. The first-order valence-electron chi connectivity index (χ1n) is 5.05. The number of hydrogen-bond donors (Lipinski definition) is 1. The summed E-state index contributed by atoms with van der Waals surface area (Å²) in [6, 6.07) is 6.32. The molecule has 3 nitrogen and oxygen atoms in total. The minimum atomic E-state index is -0.783. The van der Waals surface area contributed by atoms with Crippen molar-refractivity contribution in [3.05, 3.63) is 58.1 Å². The zero-order chi connectivity index (χ0) is 12.3. The van der Waals surface area contributed by atoms with Crippen LogP contribution >= 0.6 is 15.9 Å².